The molecule has 0 aromatic carbocycles. The number of nitrogens with zero attached hydrogens (tertiary/aromatic N) is 1. The molecular formula is C9H15NOS. The first-order chi connectivity index (χ1) is 5.84. The lowest BCUT2D eigenvalue weighted by molar-refractivity contribution is -0.126. The van der Waals surface area contributed by atoms with Gasteiger partial charge in [-0.15, -0.1) is 11.8 Å². The third-order valence-corrected chi connectivity index (χ3v) is 2.59. The fraction of sp³-hybridized carbons (Fsp3) is 0.667. The Morgan fingerprint density at radius 1 is 1.58 bits per heavy atom. The van der Waals surface area contributed by atoms with E-state index < -0.39 is 0 Å². The highest BCUT2D eigenvalue weighted by Crippen LogP contribution is 2.12. The Labute approximate surface area is 78.0 Å². The molecule has 1 aliphatic rings. The minimum Gasteiger partial charge on any atom is -0.318 e. The van der Waals surface area contributed by atoms with Gasteiger partial charge in [-0.2, -0.15) is 0 Å². The topological polar surface area (TPSA) is 20.3 Å². The summed E-state index contributed by atoms with van der Waals surface area (Å²) in [7, 11) is 0. The molecule has 0 saturated heterocycles. The van der Waals surface area contributed by atoms with Gasteiger partial charge in [0.2, 0.25) is 5.91 Å². The van der Waals surface area contributed by atoms with E-state index in [1.165, 1.54) is 12.8 Å². The van der Waals surface area contributed by atoms with Crippen LogP contribution in [0, 0.1) is 0 Å². The summed E-state index contributed by atoms with van der Waals surface area (Å²) < 4.78 is 0. The van der Waals surface area contributed by atoms with E-state index in [0.717, 1.165) is 13.0 Å². The molecule has 1 heterocycles. The van der Waals surface area contributed by atoms with Crippen molar-refractivity contribution in [3.63, 3.8) is 0 Å². The van der Waals surface area contributed by atoms with Crippen LogP contribution in [0.1, 0.15) is 26.2 Å². The zero-order valence-electron chi connectivity index (χ0n) is 7.45. The highest BCUT2D eigenvalue weighted by Gasteiger charge is 2.12. The van der Waals surface area contributed by atoms with E-state index in [0.29, 0.717) is 5.75 Å². The minimum atomic E-state index is 0.249. The van der Waals surface area contributed by atoms with E-state index in [9.17, 15) is 4.79 Å². The fourth-order valence-electron chi connectivity index (χ4n) is 1.13. The van der Waals surface area contributed by atoms with Gasteiger partial charge < -0.3 is 4.90 Å². The number of rotatable bonds is 4. The Hall–Kier alpha value is -0.440. The Morgan fingerprint density at radius 2 is 2.42 bits per heavy atom. The van der Waals surface area contributed by atoms with Gasteiger partial charge >= 0.3 is 0 Å². The monoisotopic (exact) mass is 185 g/mol. The van der Waals surface area contributed by atoms with Crippen molar-refractivity contribution in [1.82, 2.24) is 4.90 Å². The zero-order valence-corrected chi connectivity index (χ0v) is 8.27. The second-order valence-corrected chi connectivity index (χ2v) is 3.78. The van der Waals surface area contributed by atoms with Gasteiger partial charge in [0.05, 0.1) is 5.75 Å². The predicted molar refractivity (Wildman–Crippen MR) is 52.8 cm³/mol. The van der Waals surface area contributed by atoms with Crippen LogP contribution in [0.5, 0.6) is 0 Å². The van der Waals surface area contributed by atoms with Crippen molar-refractivity contribution in [3.05, 3.63) is 11.6 Å². The molecule has 0 aromatic heterocycles. The summed E-state index contributed by atoms with van der Waals surface area (Å²) in [5.74, 6) is 0.862. The van der Waals surface area contributed by atoms with Crippen molar-refractivity contribution in [2.45, 2.75) is 26.2 Å². The zero-order chi connectivity index (χ0) is 8.81. The van der Waals surface area contributed by atoms with Crippen LogP contribution in [0.15, 0.2) is 11.6 Å². The van der Waals surface area contributed by atoms with Crippen LogP contribution < -0.4 is 0 Å². The molecule has 0 saturated carbocycles. The maximum absolute atomic E-state index is 11.2. The molecule has 0 atom stereocenters. The average molecular weight is 185 g/mol. The number of hydrogen-bond acceptors (Lipinski definition) is 2. The fourth-order valence-corrected chi connectivity index (χ4v) is 1.77. The highest BCUT2D eigenvalue weighted by atomic mass is 32.2. The first-order valence-corrected chi connectivity index (χ1v) is 5.47. The first kappa shape index (κ1) is 9.65. The van der Waals surface area contributed by atoms with Crippen molar-refractivity contribution in [3.8, 4) is 0 Å². The molecule has 1 aliphatic heterocycles. The van der Waals surface area contributed by atoms with Gasteiger partial charge in [-0.25, -0.2) is 0 Å². The molecule has 2 nitrogen and oxygen atoms in total. The third-order valence-electron chi connectivity index (χ3n) is 1.87. The molecule has 1 rings (SSSR count). The van der Waals surface area contributed by atoms with Crippen molar-refractivity contribution in [2.75, 3.05) is 12.3 Å². The summed E-state index contributed by atoms with van der Waals surface area (Å²) in [6.07, 6.45) is 5.44. The molecule has 0 radical (unpaired) electrons. The molecule has 0 aromatic rings. The van der Waals surface area contributed by atoms with E-state index in [2.05, 4.69) is 6.92 Å². The molecule has 0 aliphatic carbocycles. The molecule has 0 fully saturated rings. The molecule has 0 spiro atoms. The summed E-state index contributed by atoms with van der Waals surface area (Å²) in [5.41, 5.74) is 0. The van der Waals surface area contributed by atoms with Crippen LogP contribution >= 0.6 is 11.8 Å². The van der Waals surface area contributed by atoms with Crippen LogP contribution in [-0.2, 0) is 4.79 Å². The molecule has 0 unspecified atom stereocenters. The standard InChI is InChI=1S/C9H15NOS/c1-2-3-4-5-10-6-7-12-8-9(10)11/h6-7H,2-5,8H2,1H3. The lowest BCUT2D eigenvalue weighted by atomic mass is 10.2. The van der Waals surface area contributed by atoms with Crippen LogP contribution in [0.3, 0.4) is 0 Å². The number of hydrogen-bond donors (Lipinski definition) is 0. The number of carbonyl (C=O) groups is 1. The quantitative estimate of drug-likeness (QED) is 0.626. The molecule has 0 bridgehead atoms. The van der Waals surface area contributed by atoms with Crippen molar-refractivity contribution >= 4 is 17.7 Å². The van der Waals surface area contributed by atoms with Gasteiger partial charge in [-0.1, -0.05) is 19.8 Å². The smallest absolute Gasteiger partial charge is 0.236 e. The summed E-state index contributed by atoms with van der Waals surface area (Å²) >= 11 is 1.57. The van der Waals surface area contributed by atoms with Gasteiger partial charge in [0.25, 0.3) is 0 Å². The molecule has 68 valence electrons. The Morgan fingerprint density at radius 3 is 3.08 bits per heavy atom. The van der Waals surface area contributed by atoms with Crippen LogP contribution in [-0.4, -0.2) is 23.1 Å². The summed E-state index contributed by atoms with van der Waals surface area (Å²) in [4.78, 5) is 13.1. The predicted octanol–water partition coefficient (Wildman–Crippen LogP) is 2.22. The van der Waals surface area contributed by atoms with E-state index in [-0.39, 0.29) is 5.91 Å². The maximum atomic E-state index is 11.2. The Bertz CT molecular complexity index is 179. The largest absolute Gasteiger partial charge is 0.318 e. The second kappa shape index (κ2) is 5.25. The highest BCUT2D eigenvalue weighted by molar-refractivity contribution is 8.02. The molecule has 12 heavy (non-hydrogen) atoms. The van der Waals surface area contributed by atoms with Crippen LogP contribution in [0.25, 0.3) is 0 Å². The van der Waals surface area contributed by atoms with Crippen molar-refractivity contribution < 1.29 is 4.79 Å². The number of amides is 1. The van der Waals surface area contributed by atoms with E-state index >= 15 is 0 Å². The van der Waals surface area contributed by atoms with Gasteiger partial charge in [-0.05, 0) is 11.8 Å². The SMILES string of the molecule is CCCCCN1C=CSCC1=O. The number of carbonyl (C=O) groups excluding carboxylic acids is 1. The minimum absolute atomic E-state index is 0.249. The number of thioether (sulfide) groups is 1. The van der Waals surface area contributed by atoms with Gasteiger partial charge in [0, 0.05) is 12.7 Å². The first-order valence-electron chi connectivity index (χ1n) is 4.42. The molecule has 3 heteroatoms. The normalized spacial score (nSPS) is 17.1. The third kappa shape index (κ3) is 2.89. The average Bonchev–Trinajstić information content (AvgIpc) is 2.09. The molecule has 1 amide bonds. The van der Waals surface area contributed by atoms with Gasteiger partial charge in [0.15, 0.2) is 0 Å². The van der Waals surface area contributed by atoms with Gasteiger partial charge in [0.1, 0.15) is 0 Å². The van der Waals surface area contributed by atoms with Crippen LogP contribution in [0.2, 0.25) is 0 Å². The van der Waals surface area contributed by atoms with Crippen molar-refractivity contribution in [2.24, 2.45) is 0 Å². The molecule has 0 N–H and O–H groups in total. The maximum Gasteiger partial charge on any atom is 0.236 e. The summed E-state index contributed by atoms with van der Waals surface area (Å²) in [6.45, 7) is 3.06. The van der Waals surface area contributed by atoms with Gasteiger partial charge in [-0.3, -0.25) is 4.79 Å². The lowest BCUT2D eigenvalue weighted by Crippen LogP contribution is -2.30. The second-order valence-electron chi connectivity index (χ2n) is 2.89. The van der Waals surface area contributed by atoms with E-state index in [1.54, 1.807) is 11.8 Å². The summed E-state index contributed by atoms with van der Waals surface area (Å²) in [6, 6.07) is 0. The summed E-state index contributed by atoms with van der Waals surface area (Å²) in [5, 5.41) is 1.99. The van der Waals surface area contributed by atoms with E-state index in [1.807, 2.05) is 16.5 Å². The Balaban J connectivity index is 2.25. The van der Waals surface area contributed by atoms with Crippen LogP contribution in [0.4, 0.5) is 0 Å². The number of unbranched alkanes of at least 4 members (excludes halogenated alkanes) is 2. The van der Waals surface area contributed by atoms with E-state index in [4.69, 9.17) is 0 Å². The molecular weight excluding hydrogens is 170 g/mol. The Kier molecular flexibility index (Phi) is 4.22. The lowest BCUT2D eigenvalue weighted by Gasteiger charge is -2.20. The van der Waals surface area contributed by atoms with Crippen molar-refractivity contribution in [1.29, 1.82) is 0 Å².